The predicted octanol–water partition coefficient (Wildman–Crippen LogP) is 1.58. The van der Waals surface area contributed by atoms with Crippen LogP contribution in [0.15, 0.2) is 24.5 Å². The quantitative estimate of drug-likeness (QED) is 0.633. The Morgan fingerprint density at radius 3 is 2.60 bits per heavy atom. The van der Waals surface area contributed by atoms with Gasteiger partial charge >= 0.3 is 0 Å². The lowest BCUT2D eigenvalue weighted by Gasteiger charge is -2.09. The van der Waals surface area contributed by atoms with E-state index >= 15 is 0 Å². The Bertz CT molecular complexity index is 509. The van der Waals surface area contributed by atoms with E-state index in [0.29, 0.717) is 0 Å². The molecule has 2 heterocycles. The molecule has 0 aromatic carbocycles. The fraction of sp³-hybridized carbons (Fsp3) is 0.462. The van der Waals surface area contributed by atoms with E-state index < -0.39 is 0 Å². The van der Waals surface area contributed by atoms with Gasteiger partial charge in [-0.1, -0.05) is 6.92 Å². The van der Waals surface area contributed by atoms with Crippen LogP contribution in [0.3, 0.4) is 0 Å². The monoisotopic (exact) mass is 275 g/mol. The van der Waals surface area contributed by atoms with Crippen LogP contribution in [0, 0.1) is 0 Å². The van der Waals surface area contributed by atoms with Gasteiger partial charge in [-0.3, -0.25) is 4.68 Å². The highest BCUT2D eigenvalue weighted by molar-refractivity contribution is 5.50. The Kier molecular flexibility index (Phi) is 5.16. The summed E-state index contributed by atoms with van der Waals surface area (Å²) in [5.41, 5.74) is 5.70. The summed E-state index contributed by atoms with van der Waals surface area (Å²) in [5.74, 6) is 1.78. The van der Waals surface area contributed by atoms with E-state index in [-0.39, 0.29) is 5.95 Å². The topological polar surface area (TPSA) is 93.7 Å². The van der Waals surface area contributed by atoms with Crippen LogP contribution in [0.4, 0.5) is 17.6 Å². The van der Waals surface area contributed by atoms with Gasteiger partial charge in [-0.2, -0.15) is 15.1 Å². The molecule has 0 aliphatic heterocycles. The Morgan fingerprint density at radius 1 is 1.20 bits per heavy atom. The highest BCUT2D eigenvalue weighted by Gasteiger charge is 2.01. The smallest absolute Gasteiger partial charge is 0.223 e. The Balaban J connectivity index is 1.80. The molecular formula is C13H21N7. The molecular weight excluding hydrogens is 254 g/mol. The first-order valence-corrected chi connectivity index (χ1v) is 6.87. The number of nitrogens with one attached hydrogen (secondary N) is 2. The first kappa shape index (κ1) is 14.1. The minimum absolute atomic E-state index is 0.278. The summed E-state index contributed by atoms with van der Waals surface area (Å²) in [6, 6.07) is 3.80. The molecule has 0 saturated heterocycles. The van der Waals surface area contributed by atoms with Crippen LogP contribution < -0.4 is 16.4 Å². The molecule has 0 fully saturated rings. The minimum atomic E-state index is 0.278. The predicted molar refractivity (Wildman–Crippen MR) is 80.6 cm³/mol. The van der Waals surface area contributed by atoms with Gasteiger partial charge in [0, 0.05) is 38.1 Å². The molecule has 2 aromatic rings. The van der Waals surface area contributed by atoms with E-state index in [2.05, 4.69) is 32.6 Å². The number of hydrogen-bond donors (Lipinski definition) is 3. The molecule has 7 heteroatoms. The van der Waals surface area contributed by atoms with E-state index in [1.54, 1.807) is 6.20 Å². The van der Waals surface area contributed by atoms with Gasteiger partial charge in [-0.15, -0.1) is 0 Å². The van der Waals surface area contributed by atoms with Crippen LogP contribution >= 0.6 is 0 Å². The summed E-state index contributed by atoms with van der Waals surface area (Å²) >= 11 is 0. The van der Waals surface area contributed by atoms with E-state index in [1.807, 2.05) is 23.0 Å². The number of nitrogens with zero attached hydrogens (tertiary/aromatic N) is 4. The Morgan fingerprint density at radius 2 is 1.95 bits per heavy atom. The van der Waals surface area contributed by atoms with E-state index in [9.17, 15) is 0 Å². The second-order valence-corrected chi connectivity index (χ2v) is 4.47. The van der Waals surface area contributed by atoms with Gasteiger partial charge in [-0.05, 0) is 18.9 Å². The zero-order valence-electron chi connectivity index (χ0n) is 11.7. The maximum Gasteiger partial charge on any atom is 0.223 e. The average molecular weight is 275 g/mol. The number of nitrogens with two attached hydrogens (primary N) is 1. The zero-order valence-corrected chi connectivity index (χ0v) is 11.7. The second-order valence-electron chi connectivity index (χ2n) is 4.47. The molecule has 20 heavy (non-hydrogen) atoms. The third-order valence-electron chi connectivity index (χ3n) is 2.73. The van der Waals surface area contributed by atoms with Crippen LogP contribution in [-0.2, 0) is 6.54 Å². The molecule has 0 bridgehead atoms. The van der Waals surface area contributed by atoms with Crippen LogP contribution in [0.25, 0.3) is 0 Å². The lowest BCUT2D eigenvalue weighted by Crippen LogP contribution is -2.11. The molecule has 0 saturated carbocycles. The van der Waals surface area contributed by atoms with Crippen LogP contribution in [0.2, 0.25) is 0 Å². The summed E-state index contributed by atoms with van der Waals surface area (Å²) in [6.45, 7) is 4.66. The number of nitrogen functional groups attached to an aromatic ring is 1. The summed E-state index contributed by atoms with van der Waals surface area (Å²) in [5, 5.41) is 10.6. The van der Waals surface area contributed by atoms with Crippen molar-refractivity contribution in [1.29, 1.82) is 0 Å². The summed E-state index contributed by atoms with van der Waals surface area (Å²) < 4.78 is 1.91. The number of anilines is 3. The lowest BCUT2D eigenvalue weighted by atomic mass is 10.4. The molecule has 0 aliphatic carbocycles. The summed E-state index contributed by atoms with van der Waals surface area (Å²) in [4.78, 5) is 8.31. The van der Waals surface area contributed by atoms with Crippen molar-refractivity contribution in [2.45, 2.75) is 26.3 Å². The highest BCUT2D eigenvalue weighted by atomic mass is 15.3. The van der Waals surface area contributed by atoms with Gasteiger partial charge in [0.25, 0.3) is 0 Å². The SMILES string of the molecule is CCCNc1cc(NCCCn2cccn2)nc(N)n1. The van der Waals surface area contributed by atoms with Gasteiger partial charge in [-0.25, -0.2) is 0 Å². The summed E-state index contributed by atoms with van der Waals surface area (Å²) in [7, 11) is 0. The fourth-order valence-corrected chi connectivity index (χ4v) is 1.79. The first-order chi connectivity index (χ1) is 9.78. The van der Waals surface area contributed by atoms with Crippen molar-refractivity contribution in [3.05, 3.63) is 24.5 Å². The third-order valence-corrected chi connectivity index (χ3v) is 2.73. The number of hydrogen-bond acceptors (Lipinski definition) is 6. The fourth-order valence-electron chi connectivity index (χ4n) is 1.79. The molecule has 0 aliphatic rings. The molecule has 2 rings (SSSR count). The van der Waals surface area contributed by atoms with Crippen molar-refractivity contribution in [2.24, 2.45) is 0 Å². The largest absolute Gasteiger partial charge is 0.370 e. The van der Waals surface area contributed by atoms with Gasteiger partial charge in [0.15, 0.2) is 0 Å². The summed E-state index contributed by atoms with van der Waals surface area (Å²) in [6.07, 6.45) is 5.74. The molecule has 0 amide bonds. The van der Waals surface area contributed by atoms with Crippen molar-refractivity contribution in [3.8, 4) is 0 Å². The van der Waals surface area contributed by atoms with E-state index in [0.717, 1.165) is 44.1 Å². The van der Waals surface area contributed by atoms with Crippen LogP contribution in [-0.4, -0.2) is 32.8 Å². The van der Waals surface area contributed by atoms with Gasteiger partial charge in [0.1, 0.15) is 11.6 Å². The maximum atomic E-state index is 5.70. The first-order valence-electron chi connectivity index (χ1n) is 6.87. The molecule has 2 aromatic heterocycles. The maximum absolute atomic E-state index is 5.70. The van der Waals surface area contributed by atoms with Crippen molar-refractivity contribution in [1.82, 2.24) is 19.7 Å². The third kappa shape index (κ3) is 4.42. The Labute approximate surface area is 118 Å². The molecule has 0 radical (unpaired) electrons. The Hall–Kier alpha value is -2.31. The van der Waals surface area contributed by atoms with Crippen LogP contribution in [0.5, 0.6) is 0 Å². The van der Waals surface area contributed by atoms with Crippen molar-refractivity contribution >= 4 is 17.6 Å². The van der Waals surface area contributed by atoms with Crippen molar-refractivity contribution in [3.63, 3.8) is 0 Å². The van der Waals surface area contributed by atoms with Gasteiger partial charge < -0.3 is 16.4 Å². The van der Waals surface area contributed by atoms with E-state index in [4.69, 9.17) is 5.73 Å². The molecule has 4 N–H and O–H groups in total. The normalized spacial score (nSPS) is 10.4. The molecule has 0 unspecified atom stereocenters. The molecule has 7 nitrogen and oxygen atoms in total. The molecule has 108 valence electrons. The minimum Gasteiger partial charge on any atom is -0.370 e. The highest BCUT2D eigenvalue weighted by Crippen LogP contribution is 2.12. The molecule has 0 atom stereocenters. The van der Waals surface area contributed by atoms with Crippen LogP contribution in [0.1, 0.15) is 19.8 Å². The number of rotatable bonds is 8. The standard InChI is InChI=1S/C13H21N7/c1-2-5-15-11-10-12(19-13(14)18-11)16-6-3-8-20-9-4-7-17-20/h4,7,9-10H,2-3,5-6,8H2,1H3,(H4,14,15,16,18,19). The van der Waals surface area contributed by atoms with Gasteiger partial charge in [0.05, 0.1) is 0 Å². The number of aromatic nitrogens is 4. The average Bonchev–Trinajstić information content (AvgIpc) is 2.94. The lowest BCUT2D eigenvalue weighted by molar-refractivity contribution is 0.591. The molecule has 0 spiro atoms. The second kappa shape index (κ2) is 7.32. The van der Waals surface area contributed by atoms with Crippen molar-refractivity contribution in [2.75, 3.05) is 29.5 Å². The zero-order chi connectivity index (χ0) is 14.2. The van der Waals surface area contributed by atoms with Gasteiger partial charge in [0.2, 0.25) is 5.95 Å². The van der Waals surface area contributed by atoms with E-state index in [1.165, 1.54) is 0 Å². The number of aryl methyl sites for hydroxylation is 1. The van der Waals surface area contributed by atoms with Crippen molar-refractivity contribution < 1.29 is 0 Å².